The van der Waals surface area contributed by atoms with Crippen molar-refractivity contribution in [1.29, 1.82) is 0 Å². The van der Waals surface area contributed by atoms with Gasteiger partial charge in [-0.15, -0.1) is 0 Å². The molecule has 6 aliphatic rings. The van der Waals surface area contributed by atoms with Crippen LogP contribution in [-0.2, 0) is 16.1 Å². The monoisotopic (exact) mass is 768 g/mol. The van der Waals surface area contributed by atoms with E-state index in [1.165, 1.54) is 5.57 Å². The molecular formula is C40H41IN4O4. The van der Waals surface area contributed by atoms with Gasteiger partial charge in [-0.3, -0.25) is 4.79 Å². The molecule has 0 spiro atoms. The van der Waals surface area contributed by atoms with Crippen molar-refractivity contribution >= 4 is 45.7 Å². The topological polar surface area (TPSA) is 116 Å². The number of fused-ring (bicyclic) bond motifs is 5. The first kappa shape index (κ1) is 33.4. The number of hydrogen-bond donors (Lipinski definition) is 3. The van der Waals surface area contributed by atoms with Crippen LogP contribution in [0.1, 0.15) is 72.8 Å². The molecule has 9 heteroatoms. The van der Waals surface area contributed by atoms with Crippen molar-refractivity contribution in [3.05, 3.63) is 125 Å². The molecule has 8 bridgehead atoms. The predicted octanol–water partition coefficient (Wildman–Crippen LogP) is 8.73. The van der Waals surface area contributed by atoms with Crippen LogP contribution in [0.5, 0.6) is 0 Å². The number of aliphatic hydroxyl groups excluding tert-OH is 1. The van der Waals surface area contributed by atoms with Gasteiger partial charge in [-0.25, -0.2) is 15.0 Å². The van der Waals surface area contributed by atoms with Gasteiger partial charge in [-0.1, -0.05) is 26.0 Å². The van der Waals surface area contributed by atoms with Gasteiger partial charge in [0.25, 0.3) is 0 Å². The smallest absolute Gasteiger partial charge is 0.303 e. The number of carboxylic acids is 1. The SMILES string of the molecule is CCC1=C(C)C2=NC1=CC1=NC(=CC3=C(C)C4=C(O)CC(=C5NC(=C2)[C@@H](C)[C@@H]5CCC(=O)O)C4=N3)C(C(C)OCc2cccc(I)c2)=C1C. The highest BCUT2D eigenvalue weighted by molar-refractivity contribution is 14.1. The molecular weight excluding hydrogens is 727 g/mol. The first-order valence-electron chi connectivity index (χ1n) is 17.0. The number of benzene rings is 1. The number of carboxylic acid groups (broad SMARTS) is 1. The van der Waals surface area contributed by atoms with Crippen LogP contribution in [0.3, 0.4) is 0 Å². The summed E-state index contributed by atoms with van der Waals surface area (Å²) in [5, 5.41) is 24.7. The maximum atomic E-state index is 11.7. The average Bonchev–Trinajstić information content (AvgIpc) is 3.81. The molecule has 5 heterocycles. The fourth-order valence-corrected chi connectivity index (χ4v) is 8.46. The van der Waals surface area contributed by atoms with E-state index in [-0.39, 0.29) is 30.1 Å². The third-order valence-corrected chi connectivity index (χ3v) is 11.2. The van der Waals surface area contributed by atoms with Gasteiger partial charge in [0.2, 0.25) is 0 Å². The van der Waals surface area contributed by atoms with Gasteiger partial charge in [-0.05, 0) is 121 Å². The Hall–Kier alpha value is -4.09. The van der Waals surface area contributed by atoms with Crippen LogP contribution in [0, 0.1) is 15.4 Å². The summed E-state index contributed by atoms with van der Waals surface area (Å²) in [6.45, 7) is 13.1. The molecule has 3 N–H and O–H groups in total. The van der Waals surface area contributed by atoms with Crippen LogP contribution in [0.25, 0.3) is 0 Å². The van der Waals surface area contributed by atoms with Gasteiger partial charge >= 0.3 is 5.97 Å². The second kappa shape index (κ2) is 13.0. The largest absolute Gasteiger partial charge is 0.511 e. The fraction of sp³-hybridized carbons (Fsp3) is 0.350. The average molecular weight is 769 g/mol. The molecule has 0 aromatic heterocycles. The van der Waals surface area contributed by atoms with E-state index in [1.807, 2.05) is 19.1 Å². The number of hydrogen-bond acceptors (Lipinski definition) is 7. The molecule has 8 nitrogen and oxygen atoms in total. The van der Waals surface area contributed by atoms with Gasteiger partial charge in [0.05, 0.1) is 46.9 Å². The molecule has 7 rings (SSSR count). The van der Waals surface area contributed by atoms with Crippen molar-refractivity contribution < 1.29 is 19.7 Å². The highest BCUT2D eigenvalue weighted by Crippen LogP contribution is 2.46. The van der Waals surface area contributed by atoms with E-state index >= 15 is 0 Å². The van der Waals surface area contributed by atoms with Crippen LogP contribution >= 0.6 is 22.6 Å². The number of ether oxygens (including phenoxy) is 1. The molecule has 1 aliphatic carbocycles. The standard InChI is InChI=1S/C40H41IN4O4/c1-7-26-19(2)29-15-30-20(3)27(11-12-36(47)48)39(44-30)28-14-35(46)38-22(5)32(45-40(28)38)17-34-37(21(4)31(43-34)16-33(26)42-29)23(6)49-18-24-9-8-10-25(41)13-24/h8-10,13,15-17,20,23,27,44,46H,7,11-12,14,18H2,1-6H3,(H,47,48)/t20-,23?,27-/m0/s1. The Labute approximate surface area is 301 Å². The van der Waals surface area contributed by atoms with Crippen LogP contribution in [0.2, 0.25) is 0 Å². The van der Waals surface area contributed by atoms with E-state index in [2.05, 4.69) is 92.9 Å². The molecule has 252 valence electrons. The fourth-order valence-electron chi connectivity index (χ4n) is 7.85. The maximum Gasteiger partial charge on any atom is 0.303 e. The number of carbonyl (C=O) groups is 1. The number of aliphatic hydroxyl groups is 1. The van der Waals surface area contributed by atoms with E-state index in [0.717, 1.165) is 94.6 Å². The van der Waals surface area contributed by atoms with Crippen LogP contribution in [0.15, 0.2) is 131 Å². The first-order chi connectivity index (χ1) is 23.4. The van der Waals surface area contributed by atoms with Crippen LogP contribution in [-0.4, -0.2) is 39.4 Å². The van der Waals surface area contributed by atoms with E-state index in [1.54, 1.807) is 0 Å². The number of nitrogens with one attached hydrogen (secondary N) is 1. The lowest BCUT2D eigenvalue weighted by molar-refractivity contribution is -0.137. The van der Waals surface area contributed by atoms with Gasteiger partial charge < -0.3 is 20.3 Å². The molecule has 0 saturated carbocycles. The number of halogens is 1. The summed E-state index contributed by atoms with van der Waals surface area (Å²) < 4.78 is 7.67. The van der Waals surface area contributed by atoms with Gasteiger partial charge in [0, 0.05) is 56.4 Å². The minimum atomic E-state index is -0.821. The molecule has 1 aromatic rings. The van der Waals surface area contributed by atoms with Gasteiger partial charge in [0.1, 0.15) is 5.76 Å². The van der Waals surface area contributed by atoms with E-state index in [4.69, 9.17) is 19.7 Å². The van der Waals surface area contributed by atoms with E-state index in [9.17, 15) is 15.0 Å². The minimum absolute atomic E-state index is 0.0314. The summed E-state index contributed by atoms with van der Waals surface area (Å²) >= 11 is 2.32. The molecule has 0 radical (unpaired) electrons. The third kappa shape index (κ3) is 5.94. The summed E-state index contributed by atoms with van der Waals surface area (Å²) in [4.78, 5) is 27.2. The van der Waals surface area contributed by atoms with Crippen molar-refractivity contribution in [2.45, 2.75) is 79.9 Å². The third-order valence-electron chi connectivity index (χ3n) is 10.6. The summed E-state index contributed by atoms with van der Waals surface area (Å²) in [6.07, 6.45) is 7.69. The number of aliphatic carboxylic acids is 1. The normalized spacial score (nSPS) is 23.6. The molecule has 1 fully saturated rings. The Kier molecular flexibility index (Phi) is 8.85. The molecule has 1 aromatic carbocycles. The van der Waals surface area contributed by atoms with E-state index < -0.39 is 5.97 Å². The molecule has 0 amide bonds. The molecule has 1 unspecified atom stereocenters. The molecule has 49 heavy (non-hydrogen) atoms. The Morgan fingerprint density at radius 3 is 2.55 bits per heavy atom. The second-order valence-corrected chi connectivity index (χ2v) is 14.8. The quantitative estimate of drug-likeness (QED) is 0.229. The molecule has 5 aliphatic heterocycles. The zero-order valence-corrected chi connectivity index (χ0v) is 30.9. The van der Waals surface area contributed by atoms with Crippen molar-refractivity contribution in [3.63, 3.8) is 0 Å². The van der Waals surface area contributed by atoms with Crippen LogP contribution in [0.4, 0.5) is 0 Å². The predicted molar refractivity (Wildman–Crippen MR) is 202 cm³/mol. The summed E-state index contributed by atoms with van der Waals surface area (Å²) in [7, 11) is 0. The Balaban J connectivity index is 1.39. The Morgan fingerprint density at radius 1 is 1.06 bits per heavy atom. The number of aliphatic imine (C=N–C) groups is 3. The lowest BCUT2D eigenvalue weighted by Gasteiger charge is -2.17. The zero-order chi connectivity index (χ0) is 34.7. The van der Waals surface area contributed by atoms with Crippen molar-refractivity contribution in [1.82, 2.24) is 5.32 Å². The van der Waals surface area contributed by atoms with Crippen LogP contribution < -0.4 is 5.32 Å². The Bertz CT molecular complexity index is 2060. The highest BCUT2D eigenvalue weighted by atomic mass is 127. The molecule has 3 atom stereocenters. The van der Waals surface area contributed by atoms with Gasteiger partial charge in [0.15, 0.2) is 0 Å². The second-order valence-electron chi connectivity index (χ2n) is 13.5. The lowest BCUT2D eigenvalue weighted by Crippen LogP contribution is -2.15. The zero-order valence-electron chi connectivity index (χ0n) is 28.7. The summed E-state index contributed by atoms with van der Waals surface area (Å²) in [5.74, 6) is -0.572. The van der Waals surface area contributed by atoms with Gasteiger partial charge in [-0.2, -0.15) is 0 Å². The van der Waals surface area contributed by atoms with Crippen molar-refractivity contribution in [2.75, 3.05) is 0 Å². The number of nitrogens with zero attached hydrogens (tertiary/aromatic N) is 3. The highest BCUT2D eigenvalue weighted by Gasteiger charge is 2.41. The van der Waals surface area contributed by atoms with E-state index in [0.29, 0.717) is 19.4 Å². The summed E-state index contributed by atoms with van der Waals surface area (Å²) in [5.41, 5.74) is 14.9. The maximum absolute atomic E-state index is 11.7. The first-order valence-corrected chi connectivity index (χ1v) is 18.1. The van der Waals surface area contributed by atoms with Crippen molar-refractivity contribution in [3.8, 4) is 0 Å². The molecule has 1 saturated heterocycles. The van der Waals surface area contributed by atoms with Crippen molar-refractivity contribution in [2.24, 2.45) is 26.8 Å². The minimum Gasteiger partial charge on any atom is -0.511 e. The lowest BCUT2D eigenvalue weighted by atomic mass is 9.86. The summed E-state index contributed by atoms with van der Waals surface area (Å²) in [6, 6.07) is 8.33. The number of rotatable bonds is 8. The Morgan fingerprint density at radius 2 is 1.82 bits per heavy atom. The number of allylic oxidation sites excluding steroid dienone is 11.